The van der Waals surface area contributed by atoms with E-state index in [0.29, 0.717) is 6.54 Å². The Balaban J connectivity index is 1.57. The normalized spacial score (nSPS) is 17.7. The molecule has 7 heteroatoms. The number of amides is 2. The van der Waals surface area contributed by atoms with Gasteiger partial charge in [0.05, 0.1) is 23.2 Å². The predicted octanol–water partition coefficient (Wildman–Crippen LogP) is 2.50. The van der Waals surface area contributed by atoms with Crippen molar-refractivity contribution in [1.29, 1.82) is 0 Å². The molecule has 0 saturated heterocycles. The van der Waals surface area contributed by atoms with Crippen LogP contribution < -0.4 is 10.6 Å². The summed E-state index contributed by atoms with van der Waals surface area (Å²) in [5.41, 5.74) is 0.805. The molecule has 1 aromatic heterocycles. The number of anilines is 1. The first-order chi connectivity index (χ1) is 12.0. The number of fused-ring (bicyclic) bond motifs is 1. The largest absolute Gasteiger partial charge is 0.468 e. The average molecular weight is 359 g/mol. The van der Waals surface area contributed by atoms with Gasteiger partial charge in [-0.2, -0.15) is 0 Å². The number of carbonyl (C=O) groups is 2. The number of carbonyl (C=O) groups excluding carboxylic acids is 2. The molecule has 3 rings (SSSR count). The molecule has 6 nitrogen and oxygen atoms in total. The summed E-state index contributed by atoms with van der Waals surface area (Å²) in [5, 5.41) is 5.35. The molecule has 132 valence electrons. The minimum atomic E-state index is -0.420. The van der Waals surface area contributed by atoms with E-state index < -0.39 is 5.25 Å². The summed E-state index contributed by atoms with van der Waals surface area (Å²) in [4.78, 5) is 27.5. The maximum atomic E-state index is 12.3. The van der Waals surface area contributed by atoms with E-state index in [0.717, 1.165) is 16.3 Å². The topological polar surface area (TPSA) is 74.6 Å². The number of hydrogen-bond donors (Lipinski definition) is 2. The van der Waals surface area contributed by atoms with Crippen molar-refractivity contribution in [3.63, 3.8) is 0 Å². The van der Waals surface area contributed by atoms with Crippen molar-refractivity contribution in [1.82, 2.24) is 10.2 Å². The third-order valence-corrected chi connectivity index (χ3v) is 5.34. The first-order valence-corrected chi connectivity index (χ1v) is 8.95. The predicted molar refractivity (Wildman–Crippen MR) is 97.5 cm³/mol. The first-order valence-electron chi connectivity index (χ1n) is 8.07. The molecule has 0 aliphatic carbocycles. The lowest BCUT2D eigenvalue weighted by atomic mass is 10.2. The first kappa shape index (κ1) is 17.6. The van der Waals surface area contributed by atoms with Gasteiger partial charge in [0.2, 0.25) is 11.8 Å². The maximum Gasteiger partial charge on any atom is 0.238 e. The molecule has 2 N–H and O–H groups in total. The highest BCUT2D eigenvalue weighted by atomic mass is 32.2. The van der Waals surface area contributed by atoms with E-state index in [-0.39, 0.29) is 24.3 Å². The van der Waals surface area contributed by atoms with Crippen LogP contribution in [0.5, 0.6) is 0 Å². The summed E-state index contributed by atoms with van der Waals surface area (Å²) in [6, 6.07) is 11.3. The lowest BCUT2D eigenvalue weighted by Crippen LogP contribution is -2.38. The molecule has 0 radical (unpaired) electrons. The van der Waals surface area contributed by atoms with Gasteiger partial charge in [-0.05, 0) is 38.4 Å². The van der Waals surface area contributed by atoms with Crippen LogP contribution >= 0.6 is 11.8 Å². The van der Waals surface area contributed by atoms with Gasteiger partial charge >= 0.3 is 0 Å². The molecule has 0 bridgehead atoms. The molecule has 0 spiro atoms. The van der Waals surface area contributed by atoms with E-state index in [4.69, 9.17) is 4.42 Å². The highest BCUT2D eigenvalue weighted by Gasteiger charge is 2.29. The Hall–Kier alpha value is -2.25. The molecule has 2 amide bonds. The van der Waals surface area contributed by atoms with E-state index in [2.05, 4.69) is 10.6 Å². The highest BCUT2D eigenvalue weighted by Crippen LogP contribution is 2.36. The second-order valence-corrected chi connectivity index (χ2v) is 7.34. The smallest absolute Gasteiger partial charge is 0.238 e. The quantitative estimate of drug-likeness (QED) is 0.829. The van der Waals surface area contributed by atoms with Crippen molar-refractivity contribution in [3.05, 3.63) is 48.4 Å². The fourth-order valence-electron chi connectivity index (χ4n) is 2.70. The number of para-hydroxylation sites is 1. The molecule has 2 atom stereocenters. The molecule has 1 aliphatic rings. The second-order valence-electron chi connectivity index (χ2n) is 6.09. The number of thioether (sulfide) groups is 1. The molecule has 2 heterocycles. The monoisotopic (exact) mass is 359 g/mol. The van der Waals surface area contributed by atoms with Crippen LogP contribution in [-0.4, -0.2) is 42.6 Å². The van der Waals surface area contributed by atoms with Gasteiger partial charge in [0.25, 0.3) is 0 Å². The van der Waals surface area contributed by atoms with E-state index in [1.54, 1.807) is 6.26 Å². The van der Waals surface area contributed by atoms with E-state index in [9.17, 15) is 9.59 Å². The minimum Gasteiger partial charge on any atom is -0.468 e. The zero-order chi connectivity index (χ0) is 17.8. The van der Waals surface area contributed by atoms with Crippen LogP contribution in [0.4, 0.5) is 5.69 Å². The molecular weight excluding hydrogens is 338 g/mol. The van der Waals surface area contributed by atoms with Crippen molar-refractivity contribution in [2.24, 2.45) is 0 Å². The van der Waals surface area contributed by atoms with Crippen molar-refractivity contribution in [2.75, 3.05) is 26.0 Å². The van der Waals surface area contributed by atoms with Gasteiger partial charge < -0.3 is 15.1 Å². The summed E-state index contributed by atoms with van der Waals surface area (Å²) in [6.45, 7) is 0.426. The molecule has 25 heavy (non-hydrogen) atoms. The van der Waals surface area contributed by atoms with Gasteiger partial charge in [0.1, 0.15) is 5.76 Å². The molecule has 2 aromatic rings. The van der Waals surface area contributed by atoms with E-state index >= 15 is 0 Å². The lowest BCUT2D eigenvalue weighted by molar-refractivity contribution is -0.124. The zero-order valence-electron chi connectivity index (χ0n) is 14.2. The Morgan fingerprint density at radius 2 is 2.12 bits per heavy atom. The summed E-state index contributed by atoms with van der Waals surface area (Å²) < 4.78 is 5.43. The standard InChI is InChI=1S/C18H21N3O3S/c1-21(2)13(14-7-5-9-24-14)11-19-17(22)10-16-18(23)20-12-6-3-4-8-15(12)25-16/h3-9,13,16H,10-11H2,1-2H3,(H,19,22)(H,20,23)/t13-,16-/m1/s1. The number of hydrogen-bond acceptors (Lipinski definition) is 5. The van der Waals surface area contributed by atoms with Crippen LogP contribution in [0.1, 0.15) is 18.2 Å². The summed E-state index contributed by atoms with van der Waals surface area (Å²) >= 11 is 1.43. The summed E-state index contributed by atoms with van der Waals surface area (Å²) in [7, 11) is 3.86. The summed E-state index contributed by atoms with van der Waals surface area (Å²) in [5.74, 6) is 0.517. The van der Waals surface area contributed by atoms with Gasteiger partial charge in [-0.1, -0.05) is 12.1 Å². The molecule has 0 unspecified atom stereocenters. The Bertz CT molecular complexity index is 746. The Kier molecular flexibility index (Phi) is 5.45. The van der Waals surface area contributed by atoms with Crippen molar-refractivity contribution < 1.29 is 14.0 Å². The van der Waals surface area contributed by atoms with Gasteiger partial charge in [0.15, 0.2) is 0 Å². The van der Waals surface area contributed by atoms with Gasteiger partial charge in [-0.15, -0.1) is 11.8 Å². The fourth-order valence-corrected chi connectivity index (χ4v) is 3.81. The third kappa shape index (κ3) is 4.24. The number of nitrogens with one attached hydrogen (secondary N) is 2. The van der Waals surface area contributed by atoms with Gasteiger partial charge in [0, 0.05) is 17.9 Å². The second kappa shape index (κ2) is 7.76. The van der Waals surface area contributed by atoms with E-state index in [1.165, 1.54) is 11.8 Å². The van der Waals surface area contributed by atoms with E-state index in [1.807, 2.05) is 55.4 Å². The molecular formula is C18H21N3O3S. The van der Waals surface area contributed by atoms with Crippen molar-refractivity contribution in [2.45, 2.75) is 22.6 Å². The number of rotatable bonds is 6. The lowest BCUT2D eigenvalue weighted by Gasteiger charge is -2.25. The zero-order valence-corrected chi connectivity index (χ0v) is 15.0. The number of benzene rings is 1. The van der Waals surface area contributed by atoms with Crippen molar-refractivity contribution >= 4 is 29.3 Å². The van der Waals surface area contributed by atoms with Crippen LogP contribution in [0.2, 0.25) is 0 Å². The Labute approximate surface area is 151 Å². The number of likely N-dealkylation sites (N-methyl/N-ethyl adjacent to an activating group) is 1. The maximum absolute atomic E-state index is 12.3. The highest BCUT2D eigenvalue weighted by molar-refractivity contribution is 8.01. The summed E-state index contributed by atoms with van der Waals surface area (Å²) in [6.07, 6.45) is 1.76. The molecule has 0 fully saturated rings. The van der Waals surface area contributed by atoms with Gasteiger partial charge in [-0.25, -0.2) is 0 Å². The average Bonchev–Trinajstić information content (AvgIpc) is 3.09. The Morgan fingerprint density at radius 1 is 1.32 bits per heavy atom. The Morgan fingerprint density at radius 3 is 2.84 bits per heavy atom. The number of furan rings is 1. The van der Waals surface area contributed by atoms with Crippen LogP contribution in [0.25, 0.3) is 0 Å². The fraction of sp³-hybridized carbons (Fsp3) is 0.333. The van der Waals surface area contributed by atoms with Crippen LogP contribution in [-0.2, 0) is 9.59 Å². The SMILES string of the molecule is CN(C)[C@H](CNC(=O)C[C@H]1Sc2ccccc2NC1=O)c1ccco1. The van der Waals surface area contributed by atoms with Crippen LogP contribution in [0, 0.1) is 0 Å². The number of nitrogens with zero attached hydrogens (tertiary/aromatic N) is 1. The molecule has 1 aromatic carbocycles. The third-order valence-electron chi connectivity index (χ3n) is 4.06. The van der Waals surface area contributed by atoms with Crippen molar-refractivity contribution in [3.8, 4) is 0 Å². The van der Waals surface area contributed by atoms with Crippen LogP contribution in [0.15, 0.2) is 52.0 Å². The van der Waals surface area contributed by atoms with Crippen LogP contribution in [0.3, 0.4) is 0 Å². The molecule has 1 aliphatic heterocycles. The minimum absolute atomic E-state index is 0.0486. The molecule has 0 saturated carbocycles. The van der Waals surface area contributed by atoms with Gasteiger partial charge in [-0.3, -0.25) is 14.5 Å².